The van der Waals surface area contributed by atoms with Gasteiger partial charge >= 0.3 is 0 Å². The Balaban J connectivity index is 1.62. The van der Waals surface area contributed by atoms with Crippen molar-refractivity contribution >= 4 is 5.82 Å². The van der Waals surface area contributed by atoms with E-state index in [0.717, 1.165) is 37.6 Å². The van der Waals surface area contributed by atoms with Gasteiger partial charge in [-0.2, -0.15) is 5.26 Å². The summed E-state index contributed by atoms with van der Waals surface area (Å²) in [5, 5.41) is 19.3. The maximum atomic E-state index is 10.5. The Hall–Kier alpha value is -2.39. The third kappa shape index (κ3) is 2.81. The number of anilines is 1. The quantitative estimate of drug-likeness (QED) is 0.931. The van der Waals surface area contributed by atoms with Gasteiger partial charge in [0, 0.05) is 38.7 Å². The zero-order valence-electron chi connectivity index (χ0n) is 12.6. The second-order valence-electron chi connectivity index (χ2n) is 5.68. The number of aliphatic hydroxyl groups excluding tert-OH is 1. The van der Waals surface area contributed by atoms with Crippen LogP contribution in [-0.4, -0.2) is 32.7 Å². The molecule has 0 aromatic carbocycles. The molecule has 6 heteroatoms. The summed E-state index contributed by atoms with van der Waals surface area (Å²) < 4.78 is 1.87. The molecule has 1 atom stereocenters. The van der Waals surface area contributed by atoms with E-state index in [1.54, 1.807) is 18.5 Å². The van der Waals surface area contributed by atoms with Crippen LogP contribution in [-0.2, 0) is 7.05 Å². The SMILES string of the molecule is Cn1ccnc1C(O)C1CCN(c2ccc(C#N)cn2)CC1. The molecular formula is C16H19N5O. The average molecular weight is 297 g/mol. The summed E-state index contributed by atoms with van der Waals surface area (Å²) in [5.74, 6) is 1.84. The van der Waals surface area contributed by atoms with Crippen molar-refractivity contribution in [1.82, 2.24) is 14.5 Å². The minimum Gasteiger partial charge on any atom is -0.385 e. The van der Waals surface area contributed by atoms with Crippen molar-refractivity contribution in [1.29, 1.82) is 5.26 Å². The lowest BCUT2D eigenvalue weighted by Crippen LogP contribution is -2.36. The molecule has 1 N–H and O–H groups in total. The number of rotatable bonds is 3. The van der Waals surface area contributed by atoms with Crippen molar-refractivity contribution in [2.24, 2.45) is 13.0 Å². The Kier molecular flexibility index (Phi) is 4.07. The number of pyridine rings is 1. The molecule has 1 unspecified atom stereocenters. The van der Waals surface area contributed by atoms with E-state index in [4.69, 9.17) is 5.26 Å². The molecule has 3 rings (SSSR count). The predicted octanol–water partition coefficient (Wildman–Crippen LogP) is 1.64. The van der Waals surface area contributed by atoms with Gasteiger partial charge in [-0.1, -0.05) is 0 Å². The number of aryl methyl sites for hydroxylation is 1. The van der Waals surface area contributed by atoms with Crippen LogP contribution in [0.5, 0.6) is 0 Å². The highest BCUT2D eigenvalue weighted by molar-refractivity contribution is 5.42. The maximum absolute atomic E-state index is 10.5. The molecule has 1 aliphatic rings. The van der Waals surface area contributed by atoms with Gasteiger partial charge < -0.3 is 14.6 Å². The van der Waals surface area contributed by atoms with Gasteiger partial charge in [-0.05, 0) is 30.9 Å². The van der Waals surface area contributed by atoms with E-state index in [0.29, 0.717) is 5.56 Å². The molecule has 114 valence electrons. The lowest BCUT2D eigenvalue weighted by molar-refractivity contribution is 0.0824. The Labute approximate surface area is 129 Å². The minimum absolute atomic E-state index is 0.218. The first-order valence-electron chi connectivity index (χ1n) is 7.45. The minimum atomic E-state index is -0.518. The first-order chi connectivity index (χ1) is 10.7. The van der Waals surface area contributed by atoms with E-state index in [9.17, 15) is 5.11 Å². The van der Waals surface area contributed by atoms with Crippen LogP contribution in [0.3, 0.4) is 0 Å². The fraction of sp³-hybridized carbons (Fsp3) is 0.438. The zero-order chi connectivity index (χ0) is 15.5. The molecule has 0 radical (unpaired) electrons. The van der Waals surface area contributed by atoms with Gasteiger partial charge in [-0.25, -0.2) is 9.97 Å². The van der Waals surface area contributed by atoms with Crippen LogP contribution in [0.25, 0.3) is 0 Å². The normalized spacial score (nSPS) is 17.2. The number of aliphatic hydroxyl groups is 1. The molecule has 2 aromatic heterocycles. The number of imidazole rings is 1. The topological polar surface area (TPSA) is 78.0 Å². The van der Waals surface area contributed by atoms with Crippen molar-refractivity contribution in [2.75, 3.05) is 18.0 Å². The van der Waals surface area contributed by atoms with E-state index in [1.165, 1.54) is 0 Å². The number of hydrogen-bond donors (Lipinski definition) is 1. The Morgan fingerprint density at radius 2 is 2.09 bits per heavy atom. The summed E-state index contributed by atoms with van der Waals surface area (Å²) in [5.41, 5.74) is 0.573. The highest BCUT2D eigenvalue weighted by Crippen LogP contribution is 2.31. The number of hydrogen-bond acceptors (Lipinski definition) is 5. The third-order valence-electron chi connectivity index (χ3n) is 4.31. The number of nitrogens with zero attached hydrogens (tertiary/aromatic N) is 5. The summed E-state index contributed by atoms with van der Waals surface area (Å²) in [6.45, 7) is 1.70. The molecule has 6 nitrogen and oxygen atoms in total. The lowest BCUT2D eigenvalue weighted by Gasteiger charge is -2.34. The second-order valence-corrected chi connectivity index (χ2v) is 5.68. The van der Waals surface area contributed by atoms with Gasteiger partial charge in [0.1, 0.15) is 23.8 Å². The Morgan fingerprint density at radius 3 is 2.64 bits per heavy atom. The van der Waals surface area contributed by atoms with E-state index in [2.05, 4.69) is 20.9 Å². The molecule has 22 heavy (non-hydrogen) atoms. The summed E-state index contributed by atoms with van der Waals surface area (Å²) in [6, 6.07) is 5.75. The van der Waals surface area contributed by atoms with Crippen LogP contribution in [0.15, 0.2) is 30.7 Å². The third-order valence-corrected chi connectivity index (χ3v) is 4.31. The highest BCUT2D eigenvalue weighted by Gasteiger charge is 2.28. The number of nitriles is 1. The van der Waals surface area contributed by atoms with E-state index >= 15 is 0 Å². The molecule has 1 saturated heterocycles. The second kappa shape index (κ2) is 6.16. The molecule has 1 aliphatic heterocycles. The van der Waals surface area contributed by atoms with E-state index < -0.39 is 6.10 Å². The fourth-order valence-corrected chi connectivity index (χ4v) is 2.96. The molecule has 0 aliphatic carbocycles. The molecule has 0 saturated carbocycles. The van der Waals surface area contributed by atoms with Crippen molar-refractivity contribution in [2.45, 2.75) is 18.9 Å². The monoisotopic (exact) mass is 297 g/mol. The van der Waals surface area contributed by atoms with Gasteiger partial charge in [-0.15, -0.1) is 0 Å². The molecule has 2 aromatic rings. The Bertz CT molecular complexity index is 665. The summed E-state index contributed by atoms with van der Waals surface area (Å²) in [4.78, 5) is 10.8. The van der Waals surface area contributed by atoms with Crippen LogP contribution in [0, 0.1) is 17.2 Å². The zero-order valence-corrected chi connectivity index (χ0v) is 12.6. The molecular weight excluding hydrogens is 278 g/mol. The van der Waals surface area contributed by atoms with Gasteiger partial charge in [0.2, 0.25) is 0 Å². The van der Waals surface area contributed by atoms with Crippen molar-refractivity contribution < 1.29 is 5.11 Å². The summed E-state index contributed by atoms with van der Waals surface area (Å²) >= 11 is 0. The molecule has 1 fully saturated rings. The molecule has 3 heterocycles. The summed E-state index contributed by atoms with van der Waals surface area (Å²) in [7, 11) is 1.90. The largest absolute Gasteiger partial charge is 0.385 e. The van der Waals surface area contributed by atoms with Crippen LogP contribution >= 0.6 is 0 Å². The number of aromatic nitrogens is 3. The number of piperidine rings is 1. The van der Waals surface area contributed by atoms with Crippen molar-refractivity contribution in [3.8, 4) is 6.07 Å². The fourth-order valence-electron chi connectivity index (χ4n) is 2.96. The van der Waals surface area contributed by atoms with E-state index in [-0.39, 0.29) is 5.92 Å². The molecule has 0 amide bonds. The predicted molar refractivity (Wildman–Crippen MR) is 82.1 cm³/mol. The van der Waals surface area contributed by atoms with Gasteiger partial charge in [-0.3, -0.25) is 0 Å². The Morgan fingerprint density at radius 1 is 1.32 bits per heavy atom. The lowest BCUT2D eigenvalue weighted by atomic mass is 9.90. The van der Waals surface area contributed by atoms with Crippen LogP contribution in [0.1, 0.15) is 30.3 Å². The molecule has 0 spiro atoms. The highest BCUT2D eigenvalue weighted by atomic mass is 16.3. The van der Waals surface area contributed by atoms with Crippen molar-refractivity contribution in [3.05, 3.63) is 42.1 Å². The van der Waals surface area contributed by atoms with Crippen molar-refractivity contribution in [3.63, 3.8) is 0 Å². The van der Waals surface area contributed by atoms with Crippen LogP contribution < -0.4 is 4.90 Å². The van der Waals surface area contributed by atoms with Crippen LogP contribution in [0.4, 0.5) is 5.82 Å². The standard InChI is InChI=1S/C16H19N5O/c1-20-9-6-18-16(20)15(22)13-4-7-21(8-5-13)14-3-2-12(10-17)11-19-14/h2-3,6,9,11,13,15,22H,4-5,7-8H2,1H3. The average Bonchev–Trinajstić information content (AvgIpc) is 3.00. The van der Waals surface area contributed by atoms with E-state index in [1.807, 2.05) is 23.9 Å². The first-order valence-corrected chi connectivity index (χ1v) is 7.45. The smallest absolute Gasteiger partial charge is 0.137 e. The maximum Gasteiger partial charge on any atom is 0.137 e. The summed E-state index contributed by atoms with van der Waals surface area (Å²) in [6.07, 6.45) is 6.45. The first kappa shape index (κ1) is 14.5. The molecule has 0 bridgehead atoms. The van der Waals surface area contributed by atoms with Gasteiger partial charge in [0.05, 0.1) is 5.56 Å². The van der Waals surface area contributed by atoms with Crippen LogP contribution in [0.2, 0.25) is 0 Å². The van der Waals surface area contributed by atoms with Gasteiger partial charge in [0.15, 0.2) is 0 Å². The van der Waals surface area contributed by atoms with Gasteiger partial charge in [0.25, 0.3) is 0 Å².